The van der Waals surface area contributed by atoms with Gasteiger partial charge in [-0.25, -0.2) is 4.39 Å². The maximum Gasteiger partial charge on any atom is 0.256 e. The highest BCUT2D eigenvalue weighted by atomic mass is 19.1. The Bertz CT molecular complexity index is 638. The Morgan fingerprint density at radius 3 is 2.63 bits per heavy atom. The number of nitrogens with two attached hydrogens (primary N) is 1. The molecule has 0 spiro atoms. The number of carbonyl (C=O) groups excluding carboxylic acids is 1. The third kappa shape index (κ3) is 2.73. The van der Waals surface area contributed by atoms with Crippen LogP contribution < -0.4 is 11.1 Å². The van der Waals surface area contributed by atoms with Crippen molar-refractivity contribution < 1.29 is 9.18 Å². The Morgan fingerprint density at radius 1 is 1.21 bits per heavy atom. The van der Waals surface area contributed by atoms with Gasteiger partial charge in [-0.1, -0.05) is 12.1 Å². The molecule has 19 heavy (non-hydrogen) atoms. The summed E-state index contributed by atoms with van der Waals surface area (Å²) in [5, 5.41) is 2.66. The van der Waals surface area contributed by atoms with E-state index in [1.54, 1.807) is 44.2 Å². The molecule has 0 aromatic heterocycles. The molecule has 2 aromatic rings. The Labute approximate surface area is 111 Å². The lowest BCUT2D eigenvalue weighted by atomic mass is 10.1. The minimum absolute atomic E-state index is 0.298. The van der Waals surface area contributed by atoms with Gasteiger partial charge in [-0.05, 0) is 49.2 Å². The zero-order valence-electron chi connectivity index (χ0n) is 10.8. The van der Waals surface area contributed by atoms with Crippen LogP contribution in [0.5, 0.6) is 0 Å². The maximum absolute atomic E-state index is 13.4. The van der Waals surface area contributed by atoms with Gasteiger partial charge in [-0.3, -0.25) is 4.79 Å². The standard InChI is InChI=1S/C15H15FN2O/c1-9-6-7-11(8-13(9)16)18-15(19)12-4-3-5-14(17)10(12)2/h3-8H,17H2,1-2H3,(H,18,19). The van der Waals surface area contributed by atoms with Crippen LogP contribution in [0, 0.1) is 19.7 Å². The van der Waals surface area contributed by atoms with E-state index in [-0.39, 0.29) is 11.7 Å². The molecule has 3 N–H and O–H groups in total. The number of hydrogen-bond acceptors (Lipinski definition) is 2. The van der Waals surface area contributed by atoms with Crippen LogP contribution in [0.1, 0.15) is 21.5 Å². The van der Waals surface area contributed by atoms with Crippen molar-refractivity contribution in [3.05, 3.63) is 58.9 Å². The predicted molar refractivity (Wildman–Crippen MR) is 74.7 cm³/mol. The first kappa shape index (κ1) is 13.1. The highest BCUT2D eigenvalue weighted by Gasteiger charge is 2.11. The summed E-state index contributed by atoms with van der Waals surface area (Å²) in [4.78, 5) is 12.1. The number of hydrogen-bond donors (Lipinski definition) is 2. The number of carbonyl (C=O) groups is 1. The summed E-state index contributed by atoms with van der Waals surface area (Å²) in [7, 11) is 0. The zero-order valence-corrected chi connectivity index (χ0v) is 10.8. The monoisotopic (exact) mass is 258 g/mol. The summed E-state index contributed by atoms with van der Waals surface area (Å²) in [5.41, 5.74) is 8.48. The van der Waals surface area contributed by atoms with Crippen molar-refractivity contribution in [2.24, 2.45) is 0 Å². The quantitative estimate of drug-likeness (QED) is 0.812. The fraction of sp³-hybridized carbons (Fsp3) is 0.133. The number of benzene rings is 2. The minimum atomic E-state index is -0.345. The zero-order chi connectivity index (χ0) is 14.0. The Morgan fingerprint density at radius 2 is 1.95 bits per heavy atom. The van der Waals surface area contributed by atoms with Crippen molar-refractivity contribution in [1.29, 1.82) is 0 Å². The molecule has 0 saturated heterocycles. The van der Waals surface area contributed by atoms with E-state index in [9.17, 15) is 9.18 Å². The molecule has 98 valence electrons. The van der Waals surface area contributed by atoms with Gasteiger partial charge in [0.25, 0.3) is 5.91 Å². The van der Waals surface area contributed by atoms with E-state index in [0.717, 1.165) is 0 Å². The number of aryl methyl sites for hydroxylation is 1. The van der Waals surface area contributed by atoms with E-state index in [1.165, 1.54) is 6.07 Å². The van der Waals surface area contributed by atoms with E-state index in [0.29, 0.717) is 28.1 Å². The second-order valence-corrected chi connectivity index (χ2v) is 4.44. The average molecular weight is 258 g/mol. The molecule has 0 aliphatic carbocycles. The molecule has 3 nitrogen and oxygen atoms in total. The lowest BCUT2D eigenvalue weighted by molar-refractivity contribution is 0.102. The molecular weight excluding hydrogens is 243 g/mol. The van der Waals surface area contributed by atoms with Gasteiger partial charge in [0.2, 0.25) is 0 Å². The molecule has 2 rings (SSSR count). The molecule has 4 heteroatoms. The van der Waals surface area contributed by atoms with Gasteiger partial charge >= 0.3 is 0 Å². The van der Waals surface area contributed by atoms with Crippen LogP contribution in [0.3, 0.4) is 0 Å². The molecule has 0 saturated carbocycles. The molecular formula is C15H15FN2O. The van der Waals surface area contributed by atoms with Gasteiger partial charge in [0, 0.05) is 16.9 Å². The number of rotatable bonds is 2. The van der Waals surface area contributed by atoms with Gasteiger partial charge in [0.05, 0.1) is 0 Å². The Hall–Kier alpha value is -2.36. The fourth-order valence-electron chi connectivity index (χ4n) is 1.77. The normalized spacial score (nSPS) is 10.3. The smallest absolute Gasteiger partial charge is 0.256 e. The van der Waals surface area contributed by atoms with Crippen LogP contribution in [-0.4, -0.2) is 5.91 Å². The van der Waals surface area contributed by atoms with Gasteiger partial charge in [0.15, 0.2) is 0 Å². The van der Waals surface area contributed by atoms with Crippen molar-refractivity contribution >= 4 is 17.3 Å². The lowest BCUT2D eigenvalue weighted by Gasteiger charge is -2.09. The molecule has 0 bridgehead atoms. The lowest BCUT2D eigenvalue weighted by Crippen LogP contribution is -2.14. The van der Waals surface area contributed by atoms with Crippen LogP contribution >= 0.6 is 0 Å². The van der Waals surface area contributed by atoms with Crippen molar-refractivity contribution in [3.63, 3.8) is 0 Å². The number of nitrogen functional groups attached to an aromatic ring is 1. The van der Waals surface area contributed by atoms with Crippen LogP contribution in [0.25, 0.3) is 0 Å². The van der Waals surface area contributed by atoms with E-state index in [4.69, 9.17) is 5.73 Å². The predicted octanol–water partition coefficient (Wildman–Crippen LogP) is 3.28. The third-order valence-electron chi connectivity index (χ3n) is 3.05. The van der Waals surface area contributed by atoms with Gasteiger partial charge < -0.3 is 11.1 Å². The molecule has 0 aliphatic rings. The Balaban J connectivity index is 2.26. The van der Waals surface area contributed by atoms with Crippen molar-refractivity contribution in [3.8, 4) is 0 Å². The van der Waals surface area contributed by atoms with Crippen LogP contribution in [-0.2, 0) is 0 Å². The molecule has 0 atom stereocenters. The summed E-state index contributed by atoms with van der Waals surface area (Å²) in [6.45, 7) is 3.45. The number of amides is 1. The topological polar surface area (TPSA) is 55.1 Å². The molecule has 0 heterocycles. The first-order valence-corrected chi connectivity index (χ1v) is 5.91. The van der Waals surface area contributed by atoms with E-state index in [1.807, 2.05) is 0 Å². The molecule has 0 fully saturated rings. The van der Waals surface area contributed by atoms with Gasteiger partial charge in [-0.15, -0.1) is 0 Å². The summed E-state index contributed by atoms with van der Waals surface area (Å²) >= 11 is 0. The van der Waals surface area contributed by atoms with Crippen LogP contribution in [0.4, 0.5) is 15.8 Å². The molecule has 0 radical (unpaired) electrons. The summed E-state index contributed by atoms with van der Waals surface area (Å²) in [5.74, 6) is -0.643. The first-order chi connectivity index (χ1) is 8.99. The fourth-order valence-corrected chi connectivity index (χ4v) is 1.77. The summed E-state index contributed by atoms with van der Waals surface area (Å²) in [6.07, 6.45) is 0. The van der Waals surface area contributed by atoms with Crippen molar-refractivity contribution in [2.45, 2.75) is 13.8 Å². The second-order valence-electron chi connectivity index (χ2n) is 4.44. The SMILES string of the molecule is Cc1ccc(NC(=O)c2cccc(N)c2C)cc1F. The Kier molecular flexibility index (Phi) is 3.51. The van der Waals surface area contributed by atoms with Gasteiger partial charge in [-0.2, -0.15) is 0 Å². The molecule has 0 unspecified atom stereocenters. The van der Waals surface area contributed by atoms with Crippen LogP contribution in [0.15, 0.2) is 36.4 Å². The highest BCUT2D eigenvalue weighted by molar-refractivity contribution is 6.06. The minimum Gasteiger partial charge on any atom is -0.398 e. The number of halogens is 1. The maximum atomic E-state index is 13.4. The molecule has 1 amide bonds. The van der Waals surface area contributed by atoms with E-state index in [2.05, 4.69) is 5.32 Å². The van der Waals surface area contributed by atoms with Crippen molar-refractivity contribution in [2.75, 3.05) is 11.1 Å². The van der Waals surface area contributed by atoms with Crippen molar-refractivity contribution in [1.82, 2.24) is 0 Å². The average Bonchev–Trinajstić information content (AvgIpc) is 2.37. The van der Waals surface area contributed by atoms with E-state index < -0.39 is 0 Å². The summed E-state index contributed by atoms with van der Waals surface area (Å²) < 4.78 is 13.4. The first-order valence-electron chi connectivity index (χ1n) is 5.91. The molecule has 0 aliphatic heterocycles. The molecule has 2 aromatic carbocycles. The third-order valence-corrected chi connectivity index (χ3v) is 3.05. The van der Waals surface area contributed by atoms with Crippen LogP contribution in [0.2, 0.25) is 0 Å². The number of nitrogens with one attached hydrogen (secondary N) is 1. The van der Waals surface area contributed by atoms with Gasteiger partial charge in [0.1, 0.15) is 5.82 Å². The number of anilines is 2. The largest absolute Gasteiger partial charge is 0.398 e. The second kappa shape index (κ2) is 5.10. The van der Waals surface area contributed by atoms with E-state index >= 15 is 0 Å². The highest BCUT2D eigenvalue weighted by Crippen LogP contribution is 2.18. The summed E-state index contributed by atoms with van der Waals surface area (Å²) in [6, 6.07) is 9.72.